The van der Waals surface area contributed by atoms with Crippen molar-refractivity contribution in [1.82, 2.24) is 9.80 Å². The summed E-state index contributed by atoms with van der Waals surface area (Å²) < 4.78 is 10.2. The second kappa shape index (κ2) is 8.69. The molecule has 1 fully saturated rings. The first-order chi connectivity index (χ1) is 12.3. The first-order valence-electron chi connectivity index (χ1n) is 8.78. The maximum absolute atomic E-state index is 12.3. The van der Waals surface area contributed by atoms with Gasteiger partial charge in [0.1, 0.15) is 0 Å². The second-order valence-corrected chi connectivity index (χ2v) is 6.42. The Kier molecular flexibility index (Phi) is 6.60. The fourth-order valence-electron chi connectivity index (χ4n) is 3.15. The Labute approximate surface area is 153 Å². The molecule has 0 unspecified atom stereocenters. The SMILES string of the molecule is CCOC(=O)N1CCN(C(=O)COC(=O)c2c(C)cc(C)cc2C)CC1. The molecule has 0 bridgehead atoms. The van der Waals surface area contributed by atoms with Crippen molar-refractivity contribution in [3.05, 3.63) is 34.4 Å². The van der Waals surface area contributed by atoms with Crippen molar-refractivity contribution in [3.63, 3.8) is 0 Å². The summed E-state index contributed by atoms with van der Waals surface area (Å²) in [6, 6.07) is 3.83. The average molecular weight is 362 g/mol. The minimum absolute atomic E-state index is 0.260. The predicted molar refractivity (Wildman–Crippen MR) is 96.1 cm³/mol. The molecule has 2 rings (SSSR count). The second-order valence-electron chi connectivity index (χ2n) is 6.42. The zero-order chi connectivity index (χ0) is 19.3. The number of aryl methyl sites for hydroxylation is 3. The van der Waals surface area contributed by atoms with E-state index in [1.54, 1.807) is 16.7 Å². The zero-order valence-corrected chi connectivity index (χ0v) is 15.8. The third kappa shape index (κ3) is 4.74. The lowest BCUT2D eigenvalue weighted by molar-refractivity contribution is -0.136. The number of rotatable bonds is 4. The van der Waals surface area contributed by atoms with Crippen LogP contribution in [0.2, 0.25) is 0 Å². The Balaban J connectivity index is 1.86. The predicted octanol–water partition coefficient (Wildman–Crippen LogP) is 2.07. The molecule has 7 nitrogen and oxygen atoms in total. The van der Waals surface area contributed by atoms with Gasteiger partial charge in [-0.05, 0) is 38.8 Å². The highest BCUT2D eigenvalue weighted by atomic mass is 16.6. The summed E-state index contributed by atoms with van der Waals surface area (Å²) >= 11 is 0. The highest BCUT2D eigenvalue weighted by molar-refractivity contribution is 5.94. The van der Waals surface area contributed by atoms with Crippen LogP contribution in [0.1, 0.15) is 34.0 Å². The molecule has 1 aliphatic heterocycles. The number of carbonyl (C=O) groups excluding carboxylic acids is 3. The van der Waals surface area contributed by atoms with Gasteiger partial charge in [-0.1, -0.05) is 17.7 Å². The molecule has 142 valence electrons. The van der Waals surface area contributed by atoms with E-state index in [-0.39, 0.29) is 18.6 Å². The van der Waals surface area contributed by atoms with Crippen LogP contribution in [0, 0.1) is 20.8 Å². The molecule has 0 aliphatic carbocycles. The van der Waals surface area contributed by atoms with Gasteiger partial charge >= 0.3 is 12.1 Å². The summed E-state index contributed by atoms with van der Waals surface area (Å²) in [4.78, 5) is 39.4. The molecule has 0 atom stereocenters. The minimum atomic E-state index is -0.487. The summed E-state index contributed by atoms with van der Waals surface area (Å²) in [7, 11) is 0. The van der Waals surface area contributed by atoms with Crippen molar-refractivity contribution in [2.24, 2.45) is 0 Å². The molecule has 0 spiro atoms. The van der Waals surface area contributed by atoms with Gasteiger partial charge in [-0.25, -0.2) is 9.59 Å². The number of esters is 1. The third-order valence-corrected chi connectivity index (χ3v) is 4.37. The molecule has 1 heterocycles. The molecule has 0 N–H and O–H groups in total. The number of carbonyl (C=O) groups is 3. The van der Waals surface area contributed by atoms with Crippen LogP contribution >= 0.6 is 0 Å². The molecular formula is C19H26N2O5. The van der Waals surface area contributed by atoms with E-state index >= 15 is 0 Å². The van der Waals surface area contributed by atoms with E-state index < -0.39 is 5.97 Å². The van der Waals surface area contributed by atoms with Gasteiger partial charge in [0.2, 0.25) is 0 Å². The summed E-state index contributed by atoms with van der Waals surface area (Å²) in [5.74, 6) is -0.747. The van der Waals surface area contributed by atoms with Gasteiger partial charge in [-0.2, -0.15) is 0 Å². The van der Waals surface area contributed by atoms with E-state index in [0.717, 1.165) is 16.7 Å². The molecular weight excluding hydrogens is 336 g/mol. The van der Waals surface area contributed by atoms with Crippen LogP contribution in [0.5, 0.6) is 0 Å². The van der Waals surface area contributed by atoms with Crippen molar-refractivity contribution in [2.75, 3.05) is 39.4 Å². The molecule has 0 radical (unpaired) electrons. The van der Waals surface area contributed by atoms with Crippen LogP contribution in [-0.4, -0.2) is 67.2 Å². The lowest BCUT2D eigenvalue weighted by Gasteiger charge is -2.33. The van der Waals surface area contributed by atoms with Crippen LogP contribution < -0.4 is 0 Å². The Morgan fingerprint density at radius 2 is 1.46 bits per heavy atom. The topological polar surface area (TPSA) is 76.2 Å². The quantitative estimate of drug-likeness (QED) is 0.767. The Hall–Kier alpha value is -2.57. The van der Waals surface area contributed by atoms with Gasteiger partial charge in [-0.3, -0.25) is 4.79 Å². The molecule has 0 saturated carbocycles. The van der Waals surface area contributed by atoms with E-state index in [4.69, 9.17) is 9.47 Å². The van der Waals surface area contributed by atoms with E-state index in [0.29, 0.717) is 38.3 Å². The maximum atomic E-state index is 12.3. The molecule has 0 aromatic heterocycles. The molecule has 7 heteroatoms. The van der Waals surface area contributed by atoms with Crippen LogP contribution in [-0.2, 0) is 14.3 Å². The number of amides is 2. The van der Waals surface area contributed by atoms with E-state index in [2.05, 4.69) is 0 Å². The van der Waals surface area contributed by atoms with Crippen LogP contribution in [0.15, 0.2) is 12.1 Å². The number of nitrogens with zero attached hydrogens (tertiary/aromatic N) is 2. The highest BCUT2D eigenvalue weighted by Crippen LogP contribution is 2.17. The molecule has 2 amide bonds. The summed E-state index contributed by atoms with van der Waals surface area (Å²) in [5.41, 5.74) is 3.26. The summed E-state index contributed by atoms with van der Waals surface area (Å²) in [6.07, 6.45) is -0.364. The van der Waals surface area contributed by atoms with Gasteiger partial charge in [0, 0.05) is 26.2 Å². The lowest BCUT2D eigenvalue weighted by Crippen LogP contribution is -2.51. The lowest BCUT2D eigenvalue weighted by atomic mass is 10.00. The fraction of sp³-hybridized carbons (Fsp3) is 0.526. The van der Waals surface area contributed by atoms with Crippen molar-refractivity contribution >= 4 is 18.0 Å². The van der Waals surface area contributed by atoms with E-state index in [1.165, 1.54) is 0 Å². The Morgan fingerprint density at radius 1 is 0.923 bits per heavy atom. The molecule has 1 saturated heterocycles. The largest absolute Gasteiger partial charge is 0.452 e. The standard InChI is InChI=1S/C19H26N2O5/c1-5-25-19(24)21-8-6-20(7-9-21)16(22)12-26-18(23)17-14(3)10-13(2)11-15(17)4/h10-11H,5-9,12H2,1-4H3. The molecule has 1 aromatic rings. The summed E-state index contributed by atoms with van der Waals surface area (Å²) in [6.45, 7) is 9.08. The van der Waals surface area contributed by atoms with Crippen LogP contribution in [0.3, 0.4) is 0 Å². The van der Waals surface area contributed by atoms with Gasteiger partial charge in [0.15, 0.2) is 6.61 Å². The maximum Gasteiger partial charge on any atom is 0.409 e. The van der Waals surface area contributed by atoms with Crippen molar-refractivity contribution < 1.29 is 23.9 Å². The average Bonchev–Trinajstić information content (AvgIpc) is 2.59. The van der Waals surface area contributed by atoms with Gasteiger partial charge in [-0.15, -0.1) is 0 Å². The summed E-state index contributed by atoms with van der Waals surface area (Å²) in [5, 5.41) is 0. The first kappa shape index (κ1) is 19.8. The third-order valence-electron chi connectivity index (χ3n) is 4.37. The number of hydrogen-bond acceptors (Lipinski definition) is 5. The smallest absolute Gasteiger partial charge is 0.409 e. The van der Waals surface area contributed by atoms with Gasteiger partial charge in [0.05, 0.1) is 12.2 Å². The number of benzene rings is 1. The van der Waals surface area contributed by atoms with Crippen molar-refractivity contribution in [3.8, 4) is 0 Å². The number of hydrogen-bond donors (Lipinski definition) is 0. The van der Waals surface area contributed by atoms with Gasteiger partial charge in [0.25, 0.3) is 5.91 Å². The van der Waals surface area contributed by atoms with Crippen LogP contribution in [0.25, 0.3) is 0 Å². The molecule has 1 aliphatic rings. The van der Waals surface area contributed by atoms with Crippen molar-refractivity contribution in [2.45, 2.75) is 27.7 Å². The number of ether oxygens (including phenoxy) is 2. The molecule has 1 aromatic carbocycles. The van der Waals surface area contributed by atoms with E-state index in [1.807, 2.05) is 32.9 Å². The first-order valence-corrected chi connectivity index (χ1v) is 8.78. The number of piperazine rings is 1. The van der Waals surface area contributed by atoms with Crippen LogP contribution in [0.4, 0.5) is 4.79 Å². The monoisotopic (exact) mass is 362 g/mol. The van der Waals surface area contributed by atoms with Gasteiger partial charge < -0.3 is 19.3 Å². The van der Waals surface area contributed by atoms with E-state index in [9.17, 15) is 14.4 Å². The highest BCUT2D eigenvalue weighted by Gasteiger charge is 2.25. The Bertz CT molecular complexity index is 670. The molecule has 26 heavy (non-hydrogen) atoms. The minimum Gasteiger partial charge on any atom is -0.452 e. The normalized spacial score (nSPS) is 14.2. The fourth-order valence-corrected chi connectivity index (χ4v) is 3.15. The Morgan fingerprint density at radius 3 is 2.00 bits per heavy atom. The zero-order valence-electron chi connectivity index (χ0n) is 15.8. The van der Waals surface area contributed by atoms with Crippen molar-refractivity contribution in [1.29, 1.82) is 0 Å².